The van der Waals surface area contributed by atoms with E-state index in [2.05, 4.69) is 0 Å². The average Bonchev–Trinajstić information content (AvgIpc) is 2.60. The number of carbonyl (C=O) groups excluding carboxylic acids is 1. The first-order valence-corrected chi connectivity index (χ1v) is 5.82. The lowest BCUT2D eigenvalue weighted by Crippen LogP contribution is -2.38. The van der Waals surface area contributed by atoms with Crippen LogP contribution in [0.4, 0.5) is 0 Å². The van der Waals surface area contributed by atoms with Gasteiger partial charge in [0.05, 0.1) is 16.9 Å². The fourth-order valence-corrected chi connectivity index (χ4v) is 2.53. The summed E-state index contributed by atoms with van der Waals surface area (Å²) in [5.74, 6) is -0.263. The Morgan fingerprint density at radius 2 is 2.06 bits per heavy atom. The molecule has 2 heterocycles. The van der Waals surface area contributed by atoms with E-state index in [0.717, 1.165) is 17.7 Å². The highest BCUT2D eigenvalue weighted by Gasteiger charge is 2.52. The largest absolute Gasteiger partial charge is 0.453 e. The highest BCUT2D eigenvalue weighted by atomic mass is 16.7. The molecule has 2 aliphatic rings. The van der Waals surface area contributed by atoms with Crippen molar-refractivity contribution in [3.05, 3.63) is 47.2 Å². The number of fused-ring (bicyclic) bond motifs is 2. The average molecular weight is 230 g/mol. The summed E-state index contributed by atoms with van der Waals surface area (Å²) in [5, 5.41) is 0. The molecule has 0 radical (unpaired) electrons. The normalized spacial score (nSPS) is 30.6. The van der Waals surface area contributed by atoms with Crippen LogP contribution in [-0.4, -0.2) is 5.97 Å². The molecule has 2 aliphatic heterocycles. The van der Waals surface area contributed by atoms with E-state index in [1.54, 1.807) is 6.07 Å². The van der Waals surface area contributed by atoms with Crippen LogP contribution in [0.2, 0.25) is 0 Å². The van der Waals surface area contributed by atoms with Crippen molar-refractivity contribution in [3.63, 3.8) is 0 Å². The minimum absolute atomic E-state index is 0.124. The first-order valence-electron chi connectivity index (χ1n) is 5.82. The number of esters is 1. The number of hydrogen-bond acceptors (Lipinski definition) is 3. The van der Waals surface area contributed by atoms with Gasteiger partial charge in [-0.1, -0.05) is 25.1 Å². The molecule has 0 aliphatic carbocycles. The van der Waals surface area contributed by atoms with Gasteiger partial charge in [-0.15, -0.1) is 0 Å². The lowest BCUT2D eigenvalue weighted by atomic mass is 9.88. The summed E-state index contributed by atoms with van der Waals surface area (Å²) in [4.78, 5) is 11.9. The second-order valence-electron chi connectivity index (χ2n) is 4.66. The second-order valence-corrected chi connectivity index (χ2v) is 4.66. The molecule has 0 unspecified atom stereocenters. The van der Waals surface area contributed by atoms with Crippen molar-refractivity contribution in [1.29, 1.82) is 0 Å². The Kier molecular flexibility index (Phi) is 2.05. The van der Waals surface area contributed by atoms with E-state index < -0.39 is 5.79 Å². The molecule has 2 atom stereocenters. The van der Waals surface area contributed by atoms with Crippen molar-refractivity contribution in [2.24, 2.45) is 5.92 Å². The summed E-state index contributed by atoms with van der Waals surface area (Å²) in [6.45, 7) is 3.93. The number of benzene rings is 1. The Balaban J connectivity index is 2.17. The van der Waals surface area contributed by atoms with Gasteiger partial charge in [-0.05, 0) is 25.5 Å². The fraction of sp³-hybridized carbons (Fsp3) is 0.357. The molecule has 0 amide bonds. The van der Waals surface area contributed by atoms with E-state index in [1.807, 2.05) is 38.1 Å². The molecule has 1 aromatic rings. The quantitative estimate of drug-likeness (QED) is 0.643. The maximum absolute atomic E-state index is 11.9. The number of ether oxygens (including phenoxy) is 2. The molecule has 3 heteroatoms. The summed E-state index contributed by atoms with van der Waals surface area (Å²) in [6.07, 6.45) is 2.89. The predicted octanol–water partition coefficient (Wildman–Crippen LogP) is 2.97. The molecule has 3 nitrogen and oxygen atoms in total. The summed E-state index contributed by atoms with van der Waals surface area (Å²) in [5.41, 5.74) is 1.47. The second kappa shape index (κ2) is 3.36. The zero-order valence-electron chi connectivity index (χ0n) is 9.90. The third-order valence-corrected chi connectivity index (χ3v) is 3.49. The van der Waals surface area contributed by atoms with E-state index in [0.29, 0.717) is 5.56 Å². The monoisotopic (exact) mass is 230 g/mol. The Morgan fingerprint density at radius 1 is 1.29 bits per heavy atom. The Bertz CT molecular complexity index is 518. The maximum Gasteiger partial charge on any atom is 0.342 e. The van der Waals surface area contributed by atoms with Gasteiger partial charge in [-0.2, -0.15) is 0 Å². The number of carbonyl (C=O) groups is 1. The van der Waals surface area contributed by atoms with Crippen LogP contribution in [0.1, 0.15) is 36.2 Å². The van der Waals surface area contributed by atoms with Crippen LogP contribution >= 0.6 is 0 Å². The van der Waals surface area contributed by atoms with Crippen molar-refractivity contribution in [1.82, 2.24) is 0 Å². The third-order valence-electron chi connectivity index (χ3n) is 3.49. The topological polar surface area (TPSA) is 35.5 Å². The Hall–Kier alpha value is -1.77. The van der Waals surface area contributed by atoms with Gasteiger partial charge in [0, 0.05) is 5.92 Å². The standard InChI is InChI=1S/C14H14O3/c1-9-7-8-10(2)16-14(9)12-6-4-3-5-11(12)13(15)17-14/h3-6,8-9H,7H2,1-2H3/t9-,14+/m0/s1. The zero-order chi connectivity index (χ0) is 12.0. The van der Waals surface area contributed by atoms with Gasteiger partial charge in [-0.3, -0.25) is 0 Å². The summed E-state index contributed by atoms with van der Waals surface area (Å²) in [6, 6.07) is 7.45. The lowest BCUT2D eigenvalue weighted by Gasteiger charge is -2.37. The molecule has 17 heavy (non-hydrogen) atoms. The molecule has 3 rings (SSSR count). The molecule has 0 saturated carbocycles. The van der Waals surface area contributed by atoms with Gasteiger partial charge in [0.25, 0.3) is 5.79 Å². The Labute approximate surface area is 100 Å². The van der Waals surface area contributed by atoms with Gasteiger partial charge in [0.2, 0.25) is 0 Å². The minimum atomic E-state index is -0.910. The summed E-state index contributed by atoms with van der Waals surface area (Å²) < 4.78 is 11.4. The smallest absolute Gasteiger partial charge is 0.342 e. The van der Waals surface area contributed by atoms with Crippen LogP contribution in [0.5, 0.6) is 0 Å². The first kappa shape index (κ1) is 10.4. The number of allylic oxidation sites excluding steroid dienone is 2. The summed E-state index contributed by atoms with van der Waals surface area (Å²) >= 11 is 0. The van der Waals surface area contributed by atoms with Crippen LogP contribution < -0.4 is 0 Å². The van der Waals surface area contributed by atoms with Crippen molar-refractivity contribution in [2.45, 2.75) is 26.1 Å². The molecule has 1 spiro atoms. The van der Waals surface area contributed by atoms with Gasteiger partial charge < -0.3 is 9.47 Å². The van der Waals surface area contributed by atoms with Gasteiger partial charge in [-0.25, -0.2) is 4.79 Å². The maximum atomic E-state index is 11.9. The highest BCUT2D eigenvalue weighted by Crippen LogP contribution is 2.47. The van der Waals surface area contributed by atoms with E-state index in [9.17, 15) is 4.79 Å². The van der Waals surface area contributed by atoms with Crippen molar-refractivity contribution in [2.75, 3.05) is 0 Å². The van der Waals surface area contributed by atoms with Crippen LogP contribution in [0.15, 0.2) is 36.1 Å². The SMILES string of the molecule is CC1=CC[C@H](C)[C@]2(OC(=O)c3ccccc32)O1. The minimum Gasteiger partial charge on any atom is -0.453 e. The molecular weight excluding hydrogens is 216 g/mol. The molecule has 0 saturated heterocycles. The van der Waals surface area contributed by atoms with E-state index in [1.165, 1.54) is 0 Å². The van der Waals surface area contributed by atoms with Crippen molar-refractivity contribution < 1.29 is 14.3 Å². The number of rotatable bonds is 0. The first-order chi connectivity index (χ1) is 8.13. The van der Waals surface area contributed by atoms with E-state index in [4.69, 9.17) is 9.47 Å². The van der Waals surface area contributed by atoms with Crippen LogP contribution in [-0.2, 0) is 15.3 Å². The Morgan fingerprint density at radius 3 is 2.88 bits per heavy atom. The lowest BCUT2D eigenvalue weighted by molar-refractivity contribution is -0.217. The third kappa shape index (κ3) is 1.32. The molecule has 0 bridgehead atoms. The predicted molar refractivity (Wildman–Crippen MR) is 62.2 cm³/mol. The highest BCUT2D eigenvalue weighted by molar-refractivity contribution is 5.94. The van der Waals surface area contributed by atoms with Crippen LogP contribution in [0, 0.1) is 5.92 Å². The van der Waals surface area contributed by atoms with Crippen molar-refractivity contribution in [3.8, 4) is 0 Å². The van der Waals surface area contributed by atoms with E-state index in [-0.39, 0.29) is 11.9 Å². The molecule has 0 aromatic heterocycles. The molecule has 1 aromatic carbocycles. The van der Waals surface area contributed by atoms with Crippen molar-refractivity contribution >= 4 is 5.97 Å². The molecular formula is C14H14O3. The van der Waals surface area contributed by atoms with Crippen LogP contribution in [0.3, 0.4) is 0 Å². The van der Waals surface area contributed by atoms with Gasteiger partial charge in [0.1, 0.15) is 0 Å². The van der Waals surface area contributed by atoms with Crippen LogP contribution in [0.25, 0.3) is 0 Å². The van der Waals surface area contributed by atoms with E-state index >= 15 is 0 Å². The molecule has 88 valence electrons. The van der Waals surface area contributed by atoms with Gasteiger partial charge >= 0.3 is 5.97 Å². The van der Waals surface area contributed by atoms with Gasteiger partial charge in [0.15, 0.2) is 0 Å². The number of hydrogen-bond donors (Lipinski definition) is 0. The zero-order valence-corrected chi connectivity index (χ0v) is 9.90. The fourth-order valence-electron chi connectivity index (χ4n) is 2.53. The molecule has 0 N–H and O–H groups in total. The summed E-state index contributed by atoms with van der Waals surface area (Å²) in [7, 11) is 0. The molecule has 0 fully saturated rings.